The predicted molar refractivity (Wildman–Crippen MR) is 87.3 cm³/mol. The normalized spacial score (nSPS) is 14.7. The van der Waals surface area contributed by atoms with Crippen LogP contribution in [0.15, 0.2) is 42.9 Å². The lowest BCUT2D eigenvalue weighted by Gasteiger charge is -2.27. The molecule has 1 amide bonds. The first kappa shape index (κ1) is 14.5. The summed E-state index contributed by atoms with van der Waals surface area (Å²) in [5, 5.41) is 0. The van der Waals surface area contributed by atoms with E-state index in [-0.39, 0.29) is 5.91 Å². The Kier molecular flexibility index (Phi) is 4.32. The van der Waals surface area contributed by atoms with Crippen molar-refractivity contribution < 1.29 is 4.79 Å². The quantitative estimate of drug-likeness (QED) is 0.874. The Morgan fingerprint density at radius 2 is 1.95 bits per heavy atom. The molecule has 0 spiro atoms. The summed E-state index contributed by atoms with van der Waals surface area (Å²) in [6.07, 6.45) is 8.75. The number of aromatic nitrogens is 2. The third-order valence-electron chi connectivity index (χ3n) is 4.01. The van der Waals surface area contributed by atoms with Gasteiger partial charge in [0.25, 0.3) is 5.91 Å². The topological polar surface area (TPSA) is 49.3 Å². The fraction of sp³-hybridized carbons (Fsp3) is 0.353. The van der Waals surface area contributed by atoms with E-state index in [9.17, 15) is 4.79 Å². The van der Waals surface area contributed by atoms with Crippen LogP contribution >= 0.6 is 0 Å². The molecule has 0 unspecified atom stereocenters. The average Bonchev–Trinajstić information content (AvgIpc) is 2.62. The van der Waals surface area contributed by atoms with Gasteiger partial charge in [0.2, 0.25) is 0 Å². The minimum Gasteiger partial charge on any atom is -0.357 e. The molecule has 3 heterocycles. The molecule has 0 N–H and O–H groups in total. The van der Waals surface area contributed by atoms with E-state index >= 15 is 0 Å². The maximum atomic E-state index is 12.5. The van der Waals surface area contributed by atoms with Crippen LogP contribution in [0.2, 0.25) is 0 Å². The summed E-state index contributed by atoms with van der Waals surface area (Å²) in [6.45, 7) is 2.10. The summed E-state index contributed by atoms with van der Waals surface area (Å²) in [4.78, 5) is 24.8. The predicted octanol–water partition coefficient (Wildman–Crippen LogP) is 2.74. The molecule has 114 valence electrons. The summed E-state index contributed by atoms with van der Waals surface area (Å²) < 4.78 is 0. The van der Waals surface area contributed by atoms with Crippen molar-refractivity contribution in [3.05, 3.63) is 48.4 Å². The number of piperidine rings is 1. The number of carbonyl (C=O) groups excluding carboxylic acids is 1. The first-order valence-electron chi connectivity index (χ1n) is 7.65. The molecule has 0 radical (unpaired) electrons. The Labute approximate surface area is 130 Å². The molecular weight excluding hydrogens is 276 g/mol. The van der Waals surface area contributed by atoms with E-state index < -0.39 is 0 Å². The van der Waals surface area contributed by atoms with Gasteiger partial charge in [0.15, 0.2) is 0 Å². The Bertz CT molecular complexity index is 621. The van der Waals surface area contributed by atoms with Gasteiger partial charge in [-0.25, -0.2) is 4.98 Å². The molecule has 22 heavy (non-hydrogen) atoms. The van der Waals surface area contributed by atoms with E-state index in [1.165, 1.54) is 19.3 Å². The van der Waals surface area contributed by atoms with Crippen LogP contribution in [-0.4, -0.2) is 36.0 Å². The molecule has 0 aliphatic carbocycles. The fourth-order valence-electron chi connectivity index (χ4n) is 2.69. The van der Waals surface area contributed by atoms with Gasteiger partial charge in [-0.15, -0.1) is 0 Å². The molecule has 1 aliphatic rings. The zero-order valence-corrected chi connectivity index (χ0v) is 12.8. The molecule has 1 fully saturated rings. The Morgan fingerprint density at radius 1 is 1.14 bits per heavy atom. The number of anilines is 2. The van der Waals surface area contributed by atoms with Crippen LogP contribution in [0.3, 0.4) is 0 Å². The van der Waals surface area contributed by atoms with Gasteiger partial charge in [-0.05, 0) is 43.5 Å². The summed E-state index contributed by atoms with van der Waals surface area (Å²) in [6, 6.07) is 7.47. The van der Waals surface area contributed by atoms with E-state index in [0.717, 1.165) is 24.6 Å². The third-order valence-corrected chi connectivity index (χ3v) is 4.01. The Balaban J connectivity index is 1.73. The zero-order chi connectivity index (χ0) is 15.4. The second kappa shape index (κ2) is 6.56. The van der Waals surface area contributed by atoms with Gasteiger partial charge < -0.3 is 9.80 Å². The van der Waals surface area contributed by atoms with Gasteiger partial charge in [0.1, 0.15) is 5.82 Å². The first-order chi connectivity index (χ1) is 10.8. The zero-order valence-electron chi connectivity index (χ0n) is 12.8. The largest absolute Gasteiger partial charge is 0.357 e. The van der Waals surface area contributed by atoms with Crippen molar-refractivity contribution in [1.29, 1.82) is 0 Å². The molecule has 0 aromatic carbocycles. The van der Waals surface area contributed by atoms with E-state index in [1.807, 2.05) is 24.3 Å². The SMILES string of the molecule is CN(C(=O)c1ccc(N2CCCCC2)nc1)c1cccnc1. The van der Waals surface area contributed by atoms with Crippen molar-refractivity contribution in [2.24, 2.45) is 0 Å². The molecule has 2 aromatic rings. The molecular formula is C17H20N4O. The molecule has 5 heteroatoms. The van der Waals surface area contributed by atoms with Gasteiger partial charge in [0.05, 0.1) is 17.4 Å². The van der Waals surface area contributed by atoms with Crippen LogP contribution in [0, 0.1) is 0 Å². The Morgan fingerprint density at radius 3 is 2.59 bits per heavy atom. The fourth-order valence-corrected chi connectivity index (χ4v) is 2.69. The molecule has 1 aliphatic heterocycles. The summed E-state index contributed by atoms with van der Waals surface area (Å²) in [5.74, 6) is 0.881. The molecule has 5 nitrogen and oxygen atoms in total. The van der Waals surface area contributed by atoms with E-state index in [1.54, 1.807) is 30.5 Å². The number of amides is 1. The minimum absolute atomic E-state index is 0.0781. The van der Waals surface area contributed by atoms with Crippen molar-refractivity contribution in [1.82, 2.24) is 9.97 Å². The standard InChI is InChI=1S/C17H20N4O/c1-20(15-6-5-9-18-13-15)17(22)14-7-8-16(19-12-14)21-10-3-2-4-11-21/h5-9,12-13H,2-4,10-11H2,1H3. The van der Waals surface area contributed by atoms with Crippen LogP contribution in [0.25, 0.3) is 0 Å². The highest BCUT2D eigenvalue weighted by Gasteiger charge is 2.16. The molecule has 0 bridgehead atoms. The highest BCUT2D eigenvalue weighted by atomic mass is 16.2. The second-order valence-electron chi connectivity index (χ2n) is 5.53. The summed E-state index contributed by atoms with van der Waals surface area (Å²) >= 11 is 0. The highest BCUT2D eigenvalue weighted by Crippen LogP contribution is 2.19. The lowest BCUT2D eigenvalue weighted by Crippen LogP contribution is -2.30. The van der Waals surface area contributed by atoms with Gasteiger partial charge in [0, 0.05) is 32.5 Å². The van der Waals surface area contributed by atoms with Crippen molar-refractivity contribution in [2.75, 3.05) is 29.9 Å². The lowest BCUT2D eigenvalue weighted by molar-refractivity contribution is 0.0992. The van der Waals surface area contributed by atoms with E-state index in [2.05, 4.69) is 14.9 Å². The summed E-state index contributed by atoms with van der Waals surface area (Å²) in [7, 11) is 1.75. The number of pyridine rings is 2. The maximum Gasteiger partial charge on any atom is 0.259 e. The van der Waals surface area contributed by atoms with Gasteiger partial charge in [-0.2, -0.15) is 0 Å². The highest BCUT2D eigenvalue weighted by molar-refractivity contribution is 6.05. The molecule has 1 saturated heterocycles. The monoisotopic (exact) mass is 296 g/mol. The van der Waals surface area contributed by atoms with Crippen molar-refractivity contribution in [2.45, 2.75) is 19.3 Å². The van der Waals surface area contributed by atoms with Crippen molar-refractivity contribution in [3.8, 4) is 0 Å². The van der Waals surface area contributed by atoms with Crippen LogP contribution in [0.1, 0.15) is 29.6 Å². The van der Waals surface area contributed by atoms with Crippen LogP contribution in [0.5, 0.6) is 0 Å². The number of nitrogens with zero attached hydrogens (tertiary/aromatic N) is 4. The molecule has 0 saturated carbocycles. The summed E-state index contributed by atoms with van der Waals surface area (Å²) in [5.41, 5.74) is 1.36. The number of rotatable bonds is 3. The maximum absolute atomic E-state index is 12.5. The van der Waals surface area contributed by atoms with Crippen LogP contribution in [0.4, 0.5) is 11.5 Å². The Hall–Kier alpha value is -2.43. The third kappa shape index (κ3) is 3.08. The number of hydrogen-bond donors (Lipinski definition) is 0. The van der Waals surface area contributed by atoms with Crippen LogP contribution in [-0.2, 0) is 0 Å². The molecule has 2 aromatic heterocycles. The van der Waals surface area contributed by atoms with E-state index in [4.69, 9.17) is 0 Å². The van der Waals surface area contributed by atoms with Gasteiger partial charge in [-0.3, -0.25) is 9.78 Å². The first-order valence-corrected chi connectivity index (χ1v) is 7.65. The van der Waals surface area contributed by atoms with Crippen molar-refractivity contribution >= 4 is 17.4 Å². The van der Waals surface area contributed by atoms with E-state index in [0.29, 0.717) is 5.56 Å². The van der Waals surface area contributed by atoms with Crippen molar-refractivity contribution in [3.63, 3.8) is 0 Å². The smallest absolute Gasteiger partial charge is 0.259 e. The molecule has 0 atom stereocenters. The number of carbonyl (C=O) groups is 1. The van der Waals surface area contributed by atoms with Crippen LogP contribution < -0.4 is 9.80 Å². The van der Waals surface area contributed by atoms with Gasteiger partial charge in [-0.1, -0.05) is 0 Å². The minimum atomic E-state index is -0.0781. The average molecular weight is 296 g/mol. The lowest BCUT2D eigenvalue weighted by atomic mass is 10.1. The molecule has 3 rings (SSSR count). The van der Waals surface area contributed by atoms with Gasteiger partial charge >= 0.3 is 0 Å². The number of hydrogen-bond acceptors (Lipinski definition) is 4. The second-order valence-corrected chi connectivity index (χ2v) is 5.53.